The van der Waals surface area contributed by atoms with Crippen LogP contribution in [0.5, 0.6) is 0 Å². The Balaban J connectivity index is 3.66. The van der Waals surface area contributed by atoms with Gasteiger partial charge in [-0.2, -0.15) is 5.26 Å². The average Bonchev–Trinajstić information content (AvgIpc) is 2.50. The van der Waals surface area contributed by atoms with Crippen molar-refractivity contribution in [2.45, 2.75) is 71.1 Å². The van der Waals surface area contributed by atoms with Gasteiger partial charge in [0.15, 0.2) is 13.9 Å². The van der Waals surface area contributed by atoms with Crippen LogP contribution in [0.15, 0.2) is 10.7 Å². The number of nitriles is 1. The largest absolute Gasteiger partial charge is 0.395 e. The van der Waals surface area contributed by atoms with Crippen molar-refractivity contribution in [1.29, 1.82) is 5.26 Å². The van der Waals surface area contributed by atoms with E-state index in [9.17, 15) is 5.26 Å². The molecule has 0 spiro atoms. The van der Waals surface area contributed by atoms with Gasteiger partial charge in [-0.25, -0.2) is 9.37 Å². The summed E-state index contributed by atoms with van der Waals surface area (Å²) in [5.41, 5.74) is -1.26. The van der Waals surface area contributed by atoms with Crippen LogP contribution in [0.3, 0.4) is 0 Å². The van der Waals surface area contributed by atoms with E-state index >= 15 is 4.39 Å². The summed E-state index contributed by atoms with van der Waals surface area (Å²) >= 11 is 3.42. The minimum absolute atomic E-state index is 0.115. The molecule has 0 N–H and O–H groups in total. The van der Waals surface area contributed by atoms with Crippen LogP contribution in [0.2, 0.25) is 37.8 Å². The van der Waals surface area contributed by atoms with E-state index in [1.807, 2.05) is 25.7 Å². The lowest BCUT2D eigenvalue weighted by Crippen LogP contribution is -2.49. The Kier molecular flexibility index (Phi) is 6.96. The fraction of sp³-hybridized carbons (Fsp3) is 0.647. The van der Waals surface area contributed by atoms with Gasteiger partial charge in [-0.1, -0.05) is 38.9 Å². The summed E-state index contributed by atoms with van der Waals surface area (Å²) in [7, 11) is -4.01. The van der Waals surface area contributed by atoms with E-state index in [4.69, 9.17) is 4.43 Å². The van der Waals surface area contributed by atoms with Gasteiger partial charge in [-0.3, -0.25) is 0 Å². The highest BCUT2D eigenvalue weighted by molar-refractivity contribution is 9.10. The maximum atomic E-state index is 15.5. The molecule has 1 unspecified atom stereocenters. The molecule has 0 radical (unpaired) electrons. The third-order valence-corrected chi connectivity index (χ3v) is 11.7. The van der Waals surface area contributed by atoms with E-state index in [1.54, 1.807) is 6.92 Å². The van der Waals surface area contributed by atoms with E-state index in [2.05, 4.69) is 47.8 Å². The fourth-order valence-corrected chi connectivity index (χ4v) is 8.91. The van der Waals surface area contributed by atoms with Gasteiger partial charge in [0.25, 0.3) is 0 Å². The van der Waals surface area contributed by atoms with Crippen molar-refractivity contribution < 1.29 is 8.82 Å². The second-order valence-electron chi connectivity index (χ2n) is 7.36. The minimum Gasteiger partial charge on any atom is -0.395 e. The quantitative estimate of drug-likeness (QED) is 0.435. The van der Waals surface area contributed by atoms with Gasteiger partial charge in [-0.05, 0) is 53.7 Å². The second-order valence-corrected chi connectivity index (χ2v) is 17.8. The van der Waals surface area contributed by atoms with E-state index in [0.717, 1.165) is 23.3 Å². The summed E-state index contributed by atoms with van der Waals surface area (Å²) in [5.74, 6) is -0.349. The molecule has 0 bridgehead atoms. The standard InChI is InChI=1S/C17H28BrFN2OSi2/c1-8-24(9-2,10-3)13-11-14(18)21-16(15(13)19)17(4,12-20)22-23(5,6)7/h11H,8-10H2,1-7H3. The van der Waals surface area contributed by atoms with Crippen molar-refractivity contribution in [3.05, 3.63) is 22.2 Å². The summed E-state index contributed by atoms with van der Waals surface area (Å²) in [4.78, 5) is 4.32. The van der Waals surface area contributed by atoms with Gasteiger partial charge in [-0.15, -0.1) is 0 Å². The maximum Gasteiger partial charge on any atom is 0.187 e. The van der Waals surface area contributed by atoms with Crippen LogP contribution in [-0.4, -0.2) is 21.4 Å². The Morgan fingerprint density at radius 3 is 2.12 bits per heavy atom. The molecular formula is C17H28BrFN2OSi2. The molecule has 24 heavy (non-hydrogen) atoms. The van der Waals surface area contributed by atoms with Crippen LogP contribution >= 0.6 is 15.9 Å². The zero-order valence-electron chi connectivity index (χ0n) is 15.8. The van der Waals surface area contributed by atoms with Gasteiger partial charge >= 0.3 is 0 Å². The fourth-order valence-electron chi connectivity index (χ4n) is 3.26. The Morgan fingerprint density at radius 2 is 1.75 bits per heavy atom. The lowest BCUT2D eigenvalue weighted by atomic mass is 10.0. The molecule has 134 valence electrons. The summed E-state index contributed by atoms with van der Waals surface area (Å²) in [5, 5.41) is 10.5. The molecule has 1 atom stereocenters. The highest BCUT2D eigenvalue weighted by Gasteiger charge is 2.41. The molecule has 0 aliphatic carbocycles. The SMILES string of the molecule is CC[Si](CC)(CC)c1cc(Br)nc(C(C)(C#N)O[Si](C)(C)C)c1F. The van der Waals surface area contributed by atoms with Crippen LogP contribution in [0.25, 0.3) is 0 Å². The summed E-state index contributed by atoms with van der Waals surface area (Å²) in [6.45, 7) is 14.0. The zero-order valence-corrected chi connectivity index (χ0v) is 19.3. The predicted molar refractivity (Wildman–Crippen MR) is 106 cm³/mol. The Labute approximate surface area is 155 Å². The number of halogens is 2. The first-order valence-electron chi connectivity index (χ1n) is 8.47. The smallest absolute Gasteiger partial charge is 0.187 e. The number of hydrogen-bond acceptors (Lipinski definition) is 3. The maximum absolute atomic E-state index is 15.5. The molecule has 1 aromatic heterocycles. The third-order valence-electron chi connectivity index (χ3n) is 4.70. The van der Waals surface area contributed by atoms with Crippen LogP contribution in [0.4, 0.5) is 4.39 Å². The number of nitrogens with zero attached hydrogens (tertiary/aromatic N) is 2. The molecule has 0 amide bonds. The lowest BCUT2D eigenvalue weighted by Gasteiger charge is -2.33. The molecule has 0 saturated carbocycles. The van der Waals surface area contributed by atoms with Gasteiger partial charge in [0.05, 0.1) is 8.07 Å². The first-order valence-corrected chi connectivity index (χ1v) is 15.3. The predicted octanol–water partition coefficient (Wildman–Crippen LogP) is 5.29. The first-order chi connectivity index (χ1) is 11.0. The molecule has 0 fully saturated rings. The van der Waals surface area contributed by atoms with Crippen molar-refractivity contribution in [2.75, 3.05) is 0 Å². The van der Waals surface area contributed by atoms with Crippen molar-refractivity contribution in [1.82, 2.24) is 4.98 Å². The van der Waals surface area contributed by atoms with Gasteiger partial charge in [0.1, 0.15) is 22.2 Å². The lowest BCUT2D eigenvalue weighted by molar-refractivity contribution is 0.131. The third kappa shape index (κ3) is 4.34. The number of aromatic nitrogens is 1. The summed E-state index contributed by atoms with van der Waals surface area (Å²) in [6, 6.07) is 6.86. The molecule has 0 aromatic carbocycles. The van der Waals surface area contributed by atoms with E-state index in [-0.39, 0.29) is 11.5 Å². The molecule has 1 rings (SSSR count). The minimum atomic E-state index is -2.06. The molecular weight excluding hydrogens is 403 g/mol. The second kappa shape index (κ2) is 7.77. The van der Waals surface area contributed by atoms with Gasteiger partial charge in [0, 0.05) is 0 Å². The average molecular weight is 431 g/mol. The molecule has 3 nitrogen and oxygen atoms in total. The monoisotopic (exact) mass is 430 g/mol. The van der Waals surface area contributed by atoms with Gasteiger partial charge in [0.2, 0.25) is 0 Å². The van der Waals surface area contributed by atoms with Crippen molar-refractivity contribution >= 4 is 37.5 Å². The number of rotatable bonds is 7. The molecule has 0 aliphatic rings. The van der Waals surface area contributed by atoms with E-state index < -0.39 is 22.0 Å². The highest BCUT2D eigenvalue weighted by Crippen LogP contribution is 2.32. The Morgan fingerprint density at radius 1 is 1.25 bits per heavy atom. The molecule has 1 heterocycles. The van der Waals surface area contributed by atoms with Crippen LogP contribution in [0.1, 0.15) is 33.4 Å². The van der Waals surface area contributed by atoms with Crippen molar-refractivity contribution in [3.63, 3.8) is 0 Å². The molecule has 0 aliphatic heterocycles. The molecule has 1 aromatic rings. The van der Waals surface area contributed by atoms with Crippen molar-refractivity contribution in [2.24, 2.45) is 0 Å². The topological polar surface area (TPSA) is 45.9 Å². The van der Waals surface area contributed by atoms with Gasteiger partial charge < -0.3 is 4.43 Å². The van der Waals surface area contributed by atoms with Crippen molar-refractivity contribution in [3.8, 4) is 6.07 Å². The number of pyridine rings is 1. The highest BCUT2D eigenvalue weighted by atomic mass is 79.9. The molecule has 0 saturated heterocycles. The normalized spacial score (nSPS) is 15.0. The van der Waals surface area contributed by atoms with Crippen LogP contribution < -0.4 is 5.19 Å². The van der Waals surface area contributed by atoms with Crippen LogP contribution in [-0.2, 0) is 10.0 Å². The molecule has 7 heteroatoms. The number of hydrogen-bond donors (Lipinski definition) is 0. The van der Waals surface area contributed by atoms with E-state index in [0.29, 0.717) is 4.60 Å². The Hall–Kier alpha value is -0.556. The summed E-state index contributed by atoms with van der Waals surface area (Å²) < 4.78 is 22.1. The Bertz CT molecular complexity index is 630. The van der Waals surface area contributed by atoms with Crippen LogP contribution in [0, 0.1) is 17.1 Å². The zero-order chi connectivity index (χ0) is 18.8. The summed E-state index contributed by atoms with van der Waals surface area (Å²) in [6.07, 6.45) is 0. The first kappa shape index (κ1) is 21.5. The van der Waals surface area contributed by atoms with E-state index in [1.165, 1.54) is 0 Å².